The fourth-order valence-electron chi connectivity index (χ4n) is 5.31. The second kappa shape index (κ2) is 16.0. The molecule has 0 unspecified atom stereocenters. The highest BCUT2D eigenvalue weighted by Crippen LogP contribution is 2.28. The highest BCUT2D eigenvalue weighted by molar-refractivity contribution is 7.85. The lowest BCUT2D eigenvalue weighted by Gasteiger charge is -2.37. The van der Waals surface area contributed by atoms with Crippen molar-refractivity contribution < 1.29 is 32.1 Å². The van der Waals surface area contributed by atoms with Crippen LogP contribution >= 0.6 is 22.9 Å². The highest BCUT2D eigenvalue weighted by Gasteiger charge is 2.37. The standard InChI is InChI=1S/C24H30ClN7O4S.C7H8O3S/c1-31(2)24(36)13-4-6-15(27-20(33)21(34)30-19-7-5-14(25)11-26-19)17(10-13)28-22(35)23-29-16-8-9-32(3)12-18(16)37-23;1-6-2-4-7(5-3-6)11(8,9)10/h5,7,11,13,15,17H,4,6,8-10,12H2,1-3H3,(H,27,33)(H,28,35)(H,26,30,34);2-5H,1H3,(H,8,9,10)/t13-,15-,17+;/m0./s1. The molecule has 2 aliphatic rings. The van der Waals surface area contributed by atoms with E-state index < -0.39 is 34.0 Å². The molecule has 1 aromatic carbocycles. The Bertz CT molecular complexity index is 1750. The molecule has 0 saturated heterocycles. The van der Waals surface area contributed by atoms with Crippen molar-refractivity contribution in [3.05, 3.63) is 68.8 Å². The molecular formula is C31H38ClN7O7S2. The van der Waals surface area contributed by atoms with E-state index in [1.807, 2.05) is 14.0 Å². The molecule has 1 aliphatic heterocycles. The Hall–Kier alpha value is -3.96. The maximum absolute atomic E-state index is 13.2. The second-order valence-electron chi connectivity index (χ2n) is 11.9. The number of benzene rings is 1. The fraction of sp³-hybridized carbons (Fsp3) is 0.419. The number of hydrogen-bond acceptors (Lipinski definition) is 10. The van der Waals surface area contributed by atoms with Gasteiger partial charge in [-0.2, -0.15) is 8.42 Å². The van der Waals surface area contributed by atoms with Crippen LogP contribution in [-0.2, 0) is 37.5 Å². The van der Waals surface area contributed by atoms with Crippen molar-refractivity contribution in [2.24, 2.45) is 5.92 Å². The van der Waals surface area contributed by atoms with Crippen LogP contribution in [0, 0.1) is 12.8 Å². The molecule has 4 amide bonds. The van der Waals surface area contributed by atoms with Gasteiger partial charge in [0.25, 0.3) is 16.0 Å². The van der Waals surface area contributed by atoms with Gasteiger partial charge in [0.1, 0.15) is 5.82 Å². The Kier molecular flexibility index (Phi) is 12.3. The van der Waals surface area contributed by atoms with Gasteiger partial charge in [-0.3, -0.25) is 23.7 Å². The number of nitrogens with zero attached hydrogens (tertiary/aromatic N) is 4. The van der Waals surface area contributed by atoms with Gasteiger partial charge in [0.05, 0.1) is 21.7 Å². The molecule has 17 heteroatoms. The summed E-state index contributed by atoms with van der Waals surface area (Å²) >= 11 is 7.17. The molecule has 258 valence electrons. The molecule has 1 saturated carbocycles. The quantitative estimate of drug-likeness (QED) is 0.218. The normalized spacial score (nSPS) is 19.2. The Labute approximate surface area is 288 Å². The monoisotopic (exact) mass is 719 g/mol. The molecule has 0 bridgehead atoms. The van der Waals surface area contributed by atoms with Crippen LogP contribution in [0.4, 0.5) is 5.82 Å². The minimum atomic E-state index is -4.02. The summed E-state index contributed by atoms with van der Waals surface area (Å²) in [6.45, 7) is 3.48. The number of rotatable bonds is 6. The Morgan fingerprint density at radius 3 is 2.35 bits per heavy atom. The number of carbonyl (C=O) groups excluding carboxylic acids is 4. The lowest BCUT2D eigenvalue weighted by Crippen LogP contribution is -2.57. The Morgan fingerprint density at radius 1 is 1.02 bits per heavy atom. The largest absolute Gasteiger partial charge is 0.349 e. The Morgan fingerprint density at radius 2 is 1.73 bits per heavy atom. The van der Waals surface area contributed by atoms with Crippen molar-refractivity contribution in [2.75, 3.05) is 33.0 Å². The first-order chi connectivity index (χ1) is 22.6. The number of pyridine rings is 1. The molecule has 3 atom stereocenters. The van der Waals surface area contributed by atoms with E-state index in [4.69, 9.17) is 16.2 Å². The maximum atomic E-state index is 13.2. The predicted octanol–water partition coefficient (Wildman–Crippen LogP) is 2.53. The number of fused-ring (bicyclic) bond motifs is 1. The molecule has 1 aliphatic carbocycles. The number of likely N-dealkylation sites (N-methyl/N-ethyl adjacent to an activating group) is 1. The minimum absolute atomic E-state index is 0.0386. The molecule has 3 aromatic rings. The van der Waals surface area contributed by atoms with Crippen LogP contribution in [0.25, 0.3) is 0 Å². The average molecular weight is 720 g/mol. The van der Waals surface area contributed by atoms with Crippen LogP contribution in [0.3, 0.4) is 0 Å². The van der Waals surface area contributed by atoms with Gasteiger partial charge >= 0.3 is 11.8 Å². The summed E-state index contributed by atoms with van der Waals surface area (Å²) in [6, 6.07) is 7.93. The number of aryl methyl sites for hydroxylation is 1. The summed E-state index contributed by atoms with van der Waals surface area (Å²) in [5.74, 6) is -2.25. The second-order valence-corrected chi connectivity index (χ2v) is 14.8. The first-order valence-electron chi connectivity index (χ1n) is 15.1. The third-order valence-electron chi connectivity index (χ3n) is 7.88. The van der Waals surface area contributed by atoms with Gasteiger partial charge in [-0.25, -0.2) is 9.97 Å². The topological polar surface area (TPSA) is 191 Å². The predicted molar refractivity (Wildman–Crippen MR) is 180 cm³/mol. The van der Waals surface area contributed by atoms with Crippen LogP contribution in [0.5, 0.6) is 0 Å². The van der Waals surface area contributed by atoms with Crippen LogP contribution in [0.2, 0.25) is 5.02 Å². The van der Waals surface area contributed by atoms with Crippen molar-refractivity contribution in [2.45, 2.75) is 56.1 Å². The first kappa shape index (κ1) is 36.9. The third kappa shape index (κ3) is 10.0. The van der Waals surface area contributed by atoms with Gasteiger partial charge in [0.2, 0.25) is 5.91 Å². The minimum Gasteiger partial charge on any atom is -0.349 e. The van der Waals surface area contributed by atoms with E-state index in [0.29, 0.717) is 29.3 Å². The van der Waals surface area contributed by atoms with Crippen LogP contribution < -0.4 is 16.0 Å². The zero-order valence-electron chi connectivity index (χ0n) is 26.9. The zero-order chi connectivity index (χ0) is 35.2. The molecule has 3 heterocycles. The number of thiazole rings is 1. The van der Waals surface area contributed by atoms with E-state index in [1.54, 1.807) is 32.3 Å². The van der Waals surface area contributed by atoms with E-state index in [9.17, 15) is 27.6 Å². The summed E-state index contributed by atoms with van der Waals surface area (Å²) in [5, 5.41) is 8.91. The molecule has 5 rings (SSSR count). The molecule has 0 radical (unpaired) electrons. The summed E-state index contributed by atoms with van der Waals surface area (Å²) in [5.41, 5.74) is 1.90. The summed E-state index contributed by atoms with van der Waals surface area (Å²) in [7, 11) is 1.39. The van der Waals surface area contributed by atoms with Gasteiger partial charge in [-0.15, -0.1) is 11.3 Å². The van der Waals surface area contributed by atoms with E-state index >= 15 is 0 Å². The van der Waals surface area contributed by atoms with Crippen LogP contribution in [-0.4, -0.2) is 96.1 Å². The number of carbonyl (C=O) groups is 4. The highest BCUT2D eigenvalue weighted by atomic mass is 35.5. The lowest BCUT2D eigenvalue weighted by molar-refractivity contribution is -0.137. The van der Waals surface area contributed by atoms with Crippen molar-refractivity contribution in [1.82, 2.24) is 30.4 Å². The number of amides is 4. The van der Waals surface area contributed by atoms with Gasteiger partial charge in [0, 0.05) is 56.6 Å². The molecule has 0 spiro atoms. The molecular weight excluding hydrogens is 682 g/mol. The lowest BCUT2D eigenvalue weighted by atomic mass is 9.81. The van der Waals surface area contributed by atoms with E-state index in [-0.39, 0.29) is 28.4 Å². The van der Waals surface area contributed by atoms with Crippen LogP contribution in [0.1, 0.15) is 45.2 Å². The van der Waals surface area contributed by atoms with Crippen LogP contribution in [0.15, 0.2) is 47.5 Å². The van der Waals surface area contributed by atoms with E-state index in [1.165, 1.54) is 40.6 Å². The first-order valence-corrected chi connectivity index (χ1v) is 17.7. The third-order valence-corrected chi connectivity index (χ3v) is 10.1. The summed E-state index contributed by atoms with van der Waals surface area (Å²) in [4.78, 5) is 64.2. The molecule has 1 fully saturated rings. The van der Waals surface area contributed by atoms with Crippen molar-refractivity contribution in [3.63, 3.8) is 0 Å². The molecule has 48 heavy (non-hydrogen) atoms. The van der Waals surface area contributed by atoms with E-state index in [2.05, 4.69) is 30.8 Å². The summed E-state index contributed by atoms with van der Waals surface area (Å²) in [6.07, 6.45) is 3.42. The molecule has 2 aromatic heterocycles. The van der Waals surface area contributed by atoms with Crippen molar-refractivity contribution in [1.29, 1.82) is 0 Å². The number of aromatic nitrogens is 2. The zero-order valence-corrected chi connectivity index (χ0v) is 29.3. The van der Waals surface area contributed by atoms with Gasteiger partial charge in [0.15, 0.2) is 5.01 Å². The maximum Gasteiger partial charge on any atom is 0.314 e. The Balaban J connectivity index is 0.000000401. The SMILES string of the molecule is CN1CCc2nc(C(=O)N[C@@H]3C[C@@H](C(=O)N(C)C)CC[C@@H]3NC(=O)C(=O)Nc3ccc(Cl)cn3)sc2C1.Cc1ccc(S(=O)(=O)O)cc1. The molecule has 14 nitrogen and oxygen atoms in total. The number of halogens is 1. The average Bonchev–Trinajstić information content (AvgIpc) is 3.46. The van der Waals surface area contributed by atoms with E-state index in [0.717, 1.165) is 35.6 Å². The fourth-order valence-corrected chi connectivity index (χ4v) is 6.99. The molecule has 4 N–H and O–H groups in total. The van der Waals surface area contributed by atoms with Gasteiger partial charge in [-0.1, -0.05) is 29.3 Å². The smallest absolute Gasteiger partial charge is 0.314 e. The number of hydrogen-bond donors (Lipinski definition) is 4. The van der Waals surface area contributed by atoms with Gasteiger partial charge in [-0.05, 0) is 57.5 Å². The van der Waals surface area contributed by atoms with Crippen molar-refractivity contribution >= 4 is 62.5 Å². The summed E-state index contributed by atoms with van der Waals surface area (Å²) < 4.78 is 29.6. The van der Waals surface area contributed by atoms with Crippen molar-refractivity contribution in [3.8, 4) is 0 Å². The van der Waals surface area contributed by atoms with Gasteiger partial charge < -0.3 is 25.8 Å². The number of anilines is 1. The number of nitrogens with one attached hydrogen (secondary N) is 3.